The fourth-order valence-electron chi connectivity index (χ4n) is 1.50. The lowest BCUT2D eigenvalue weighted by molar-refractivity contribution is 0.423. The Hall–Kier alpha value is -0.500. The highest BCUT2D eigenvalue weighted by molar-refractivity contribution is 7.12. The molecule has 0 aromatic carbocycles. The third-order valence-electron chi connectivity index (χ3n) is 2.00. The van der Waals surface area contributed by atoms with E-state index in [0.29, 0.717) is 0 Å². The Bertz CT molecular complexity index is 239. The number of ether oxygens (including phenoxy) is 1. The van der Waals surface area contributed by atoms with Gasteiger partial charge in [0.2, 0.25) is 0 Å². The molecule has 0 radical (unpaired) electrons. The van der Waals surface area contributed by atoms with Crippen LogP contribution in [0, 0.1) is 0 Å². The Kier molecular flexibility index (Phi) is 1.42. The first-order valence-corrected chi connectivity index (χ1v) is 4.43. The van der Waals surface area contributed by atoms with Crippen molar-refractivity contribution < 1.29 is 4.74 Å². The highest BCUT2D eigenvalue weighted by Gasteiger charge is 2.16. The van der Waals surface area contributed by atoms with Crippen LogP contribution in [0.5, 0.6) is 5.06 Å². The fourth-order valence-corrected chi connectivity index (χ4v) is 2.48. The van der Waals surface area contributed by atoms with Gasteiger partial charge in [0.15, 0.2) is 5.06 Å². The minimum Gasteiger partial charge on any atom is -0.487 e. The Morgan fingerprint density at radius 2 is 2.40 bits per heavy atom. The molecule has 1 aromatic rings. The monoisotopic (exact) mass is 154 g/mol. The van der Waals surface area contributed by atoms with E-state index in [-0.39, 0.29) is 0 Å². The zero-order chi connectivity index (χ0) is 6.97. The number of fused-ring (bicyclic) bond motifs is 1. The molecular weight excluding hydrogens is 144 g/mol. The molecule has 0 fully saturated rings. The molecule has 0 bridgehead atoms. The summed E-state index contributed by atoms with van der Waals surface area (Å²) in [7, 11) is 1.75. The number of hydrogen-bond acceptors (Lipinski definition) is 2. The van der Waals surface area contributed by atoms with Crippen LogP contribution in [0.3, 0.4) is 0 Å². The number of methoxy groups -OCH3 is 1. The van der Waals surface area contributed by atoms with Crippen molar-refractivity contribution in [3.8, 4) is 5.06 Å². The van der Waals surface area contributed by atoms with Crippen molar-refractivity contribution in [2.75, 3.05) is 7.11 Å². The predicted molar refractivity (Wildman–Crippen MR) is 42.9 cm³/mol. The van der Waals surface area contributed by atoms with Gasteiger partial charge in [0.05, 0.1) is 7.11 Å². The van der Waals surface area contributed by atoms with Crippen molar-refractivity contribution in [3.05, 3.63) is 16.5 Å². The average Bonchev–Trinajstić information content (AvgIpc) is 2.44. The van der Waals surface area contributed by atoms with Gasteiger partial charge in [-0.05, 0) is 30.2 Å². The zero-order valence-electron chi connectivity index (χ0n) is 6.02. The van der Waals surface area contributed by atoms with Crippen LogP contribution in [0.25, 0.3) is 0 Å². The molecule has 2 heteroatoms. The Morgan fingerprint density at radius 1 is 1.50 bits per heavy atom. The van der Waals surface area contributed by atoms with E-state index in [9.17, 15) is 0 Å². The maximum absolute atomic E-state index is 5.22. The predicted octanol–water partition coefficient (Wildman–Crippen LogP) is 2.25. The number of thiophene rings is 1. The summed E-state index contributed by atoms with van der Waals surface area (Å²) < 4.78 is 5.22. The van der Waals surface area contributed by atoms with Gasteiger partial charge in [-0.1, -0.05) is 0 Å². The SMILES string of the molecule is COc1scc2c1CCC2. The van der Waals surface area contributed by atoms with Gasteiger partial charge in [-0.3, -0.25) is 0 Å². The van der Waals surface area contributed by atoms with Gasteiger partial charge >= 0.3 is 0 Å². The van der Waals surface area contributed by atoms with Gasteiger partial charge in [0.1, 0.15) is 0 Å². The maximum Gasteiger partial charge on any atom is 0.176 e. The van der Waals surface area contributed by atoms with E-state index in [1.807, 2.05) is 0 Å². The van der Waals surface area contributed by atoms with Crippen LogP contribution in [-0.2, 0) is 12.8 Å². The topological polar surface area (TPSA) is 9.23 Å². The van der Waals surface area contributed by atoms with E-state index >= 15 is 0 Å². The minimum absolute atomic E-state index is 1.13. The Morgan fingerprint density at radius 3 is 3.20 bits per heavy atom. The van der Waals surface area contributed by atoms with Gasteiger partial charge in [-0.15, -0.1) is 11.3 Å². The number of rotatable bonds is 1. The molecule has 0 saturated carbocycles. The average molecular weight is 154 g/mol. The molecular formula is C8H10OS. The van der Waals surface area contributed by atoms with Crippen LogP contribution in [-0.4, -0.2) is 7.11 Å². The lowest BCUT2D eigenvalue weighted by Gasteiger charge is -1.95. The van der Waals surface area contributed by atoms with Crippen molar-refractivity contribution in [1.29, 1.82) is 0 Å². The van der Waals surface area contributed by atoms with Crippen LogP contribution >= 0.6 is 11.3 Å². The molecule has 0 aliphatic heterocycles. The van der Waals surface area contributed by atoms with Gasteiger partial charge in [0.25, 0.3) is 0 Å². The molecule has 10 heavy (non-hydrogen) atoms. The molecule has 54 valence electrons. The van der Waals surface area contributed by atoms with Crippen molar-refractivity contribution in [2.24, 2.45) is 0 Å². The lowest BCUT2D eigenvalue weighted by atomic mass is 10.2. The van der Waals surface area contributed by atoms with Gasteiger partial charge in [-0.25, -0.2) is 0 Å². The summed E-state index contributed by atoms with van der Waals surface area (Å²) in [5.41, 5.74) is 2.98. The van der Waals surface area contributed by atoms with Crippen molar-refractivity contribution in [2.45, 2.75) is 19.3 Å². The van der Waals surface area contributed by atoms with Crippen LogP contribution in [0.4, 0.5) is 0 Å². The summed E-state index contributed by atoms with van der Waals surface area (Å²) in [5, 5.41) is 3.36. The highest BCUT2D eigenvalue weighted by Crippen LogP contribution is 2.36. The molecule has 0 saturated heterocycles. The van der Waals surface area contributed by atoms with E-state index in [0.717, 1.165) is 5.06 Å². The van der Waals surface area contributed by atoms with Crippen LogP contribution in [0.2, 0.25) is 0 Å². The first-order valence-electron chi connectivity index (χ1n) is 3.55. The largest absolute Gasteiger partial charge is 0.487 e. The summed E-state index contributed by atoms with van der Waals surface area (Å²) in [6.07, 6.45) is 3.80. The fraction of sp³-hybridized carbons (Fsp3) is 0.500. The molecule has 1 aliphatic carbocycles. The summed E-state index contributed by atoms with van der Waals surface area (Å²) in [6, 6.07) is 0. The second kappa shape index (κ2) is 2.27. The summed E-state index contributed by atoms with van der Waals surface area (Å²) >= 11 is 1.73. The van der Waals surface area contributed by atoms with Crippen molar-refractivity contribution >= 4 is 11.3 Å². The Labute approximate surface area is 64.6 Å². The molecule has 1 aliphatic rings. The van der Waals surface area contributed by atoms with Crippen LogP contribution in [0.15, 0.2) is 5.38 Å². The maximum atomic E-state index is 5.22. The van der Waals surface area contributed by atoms with Crippen LogP contribution in [0.1, 0.15) is 17.5 Å². The quantitative estimate of drug-likeness (QED) is 0.602. The van der Waals surface area contributed by atoms with Gasteiger partial charge < -0.3 is 4.74 Å². The second-order valence-corrected chi connectivity index (χ2v) is 3.43. The molecule has 1 aromatic heterocycles. The van der Waals surface area contributed by atoms with E-state index in [1.54, 1.807) is 18.4 Å². The van der Waals surface area contributed by atoms with E-state index in [1.165, 1.54) is 30.4 Å². The number of hydrogen-bond donors (Lipinski definition) is 0. The van der Waals surface area contributed by atoms with Gasteiger partial charge in [0, 0.05) is 5.56 Å². The molecule has 2 rings (SSSR count). The molecule has 0 spiro atoms. The molecule has 0 amide bonds. The zero-order valence-corrected chi connectivity index (χ0v) is 6.83. The first-order chi connectivity index (χ1) is 4.92. The minimum atomic E-state index is 1.13. The van der Waals surface area contributed by atoms with E-state index in [4.69, 9.17) is 4.74 Å². The standard InChI is InChI=1S/C8H10OS/c1-9-8-7-4-2-3-6(7)5-10-8/h5H,2-4H2,1H3. The van der Waals surface area contributed by atoms with Crippen molar-refractivity contribution in [3.63, 3.8) is 0 Å². The third-order valence-corrected chi connectivity index (χ3v) is 3.03. The molecule has 0 N–H and O–H groups in total. The first kappa shape index (κ1) is 6.23. The summed E-state index contributed by atoms with van der Waals surface area (Å²) in [5.74, 6) is 0. The summed E-state index contributed by atoms with van der Waals surface area (Å²) in [6.45, 7) is 0. The highest BCUT2D eigenvalue weighted by atomic mass is 32.1. The third kappa shape index (κ3) is 0.754. The van der Waals surface area contributed by atoms with Crippen molar-refractivity contribution in [1.82, 2.24) is 0 Å². The number of aryl methyl sites for hydroxylation is 1. The van der Waals surface area contributed by atoms with E-state index < -0.39 is 0 Å². The smallest absolute Gasteiger partial charge is 0.176 e. The van der Waals surface area contributed by atoms with Gasteiger partial charge in [-0.2, -0.15) is 0 Å². The summed E-state index contributed by atoms with van der Waals surface area (Å²) in [4.78, 5) is 0. The normalized spacial score (nSPS) is 15.3. The molecule has 0 atom stereocenters. The van der Waals surface area contributed by atoms with Crippen LogP contribution < -0.4 is 4.74 Å². The Balaban J connectivity index is 2.44. The molecule has 0 unspecified atom stereocenters. The second-order valence-electron chi connectivity index (χ2n) is 2.58. The molecule has 1 nitrogen and oxygen atoms in total. The van der Waals surface area contributed by atoms with E-state index in [2.05, 4.69) is 5.38 Å². The molecule has 1 heterocycles. The lowest BCUT2D eigenvalue weighted by Crippen LogP contribution is -1.82.